The highest BCUT2D eigenvalue weighted by atomic mass is 16.6. The monoisotopic (exact) mass is 392 g/mol. The first-order valence-electron chi connectivity index (χ1n) is 9.87. The van der Waals surface area contributed by atoms with Crippen LogP contribution in [0.4, 0.5) is 4.79 Å². The molecule has 2 amide bonds. The van der Waals surface area contributed by atoms with Crippen LogP contribution in [-0.4, -0.2) is 34.6 Å². The summed E-state index contributed by atoms with van der Waals surface area (Å²) >= 11 is 0. The number of carbonyl (C=O) groups is 2. The molecule has 0 aromatic heterocycles. The maximum Gasteiger partial charge on any atom is 0.411 e. The van der Waals surface area contributed by atoms with Crippen LogP contribution in [0.15, 0.2) is 66.4 Å². The fourth-order valence-corrected chi connectivity index (χ4v) is 3.96. The highest BCUT2D eigenvalue weighted by molar-refractivity contribution is 5.89. The van der Waals surface area contributed by atoms with Crippen molar-refractivity contribution in [1.82, 2.24) is 10.2 Å². The molecule has 0 saturated carbocycles. The number of aryl methyl sites for hydroxylation is 1. The van der Waals surface area contributed by atoms with Crippen LogP contribution in [-0.2, 0) is 22.6 Å². The number of nitrogens with one attached hydrogen (secondary N) is 1. The molecule has 0 fully saturated rings. The number of hydrogen-bond donors (Lipinski definition) is 2. The number of ether oxygens (including phenoxy) is 1. The molecule has 1 heterocycles. The Kier molecular flexibility index (Phi) is 5.51. The lowest BCUT2D eigenvalue weighted by Gasteiger charge is -2.29. The lowest BCUT2D eigenvalue weighted by Crippen LogP contribution is -2.47. The van der Waals surface area contributed by atoms with E-state index >= 15 is 0 Å². The highest BCUT2D eigenvalue weighted by Gasteiger charge is 2.36. The van der Waals surface area contributed by atoms with E-state index in [1.807, 2.05) is 48.5 Å². The summed E-state index contributed by atoms with van der Waals surface area (Å²) in [6.45, 7) is 0.0776. The number of benzene rings is 2. The Morgan fingerprint density at radius 1 is 1.10 bits per heavy atom. The average Bonchev–Trinajstić information content (AvgIpc) is 3.15. The summed E-state index contributed by atoms with van der Waals surface area (Å²) in [5, 5.41) is 13.0. The molecule has 29 heavy (non-hydrogen) atoms. The van der Waals surface area contributed by atoms with Gasteiger partial charge in [0, 0.05) is 0 Å². The second-order valence-electron chi connectivity index (χ2n) is 7.42. The van der Waals surface area contributed by atoms with Gasteiger partial charge in [0.25, 0.3) is 0 Å². The third-order valence-electron chi connectivity index (χ3n) is 5.41. The highest BCUT2D eigenvalue weighted by Crippen LogP contribution is 2.30. The second-order valence-corrected chi connectivity index (χ2v) is 7.42. The predicted molar refractivity (Wildman–Crippen MR) is 108 cm³/mol. The minimum Gasteiger partial charge on any atom is -0.511 e. The molecule has 4 rings (SSSR count). The standard InChI is InChI=1S/C23H24N2O4/c26-18-13-21(25(14-18)23(28)29-15-16-7-2-1-3-8-16)22(27)24-20-12-6-10-17-9-4-5-11-19(17)20/h1-5,7-9,11,13,20-21,26H,6,10,12,14-15H2,(H,24,27)/t20-,21+/m1/s1. The zero-order valence-electron chi connectivity index (χ0n) is 16.1. The van der Waals surface area contributed by atoms with Crippen LogP contribution < -0.4 is 5.32 Å². The molecule has 0 saturated heterocycles. The van der Waals surface area contributed by atoms with Gasteiger partial charge >= 0.3 is 6.09 Å². The normalized spacial score (nSPS) is 20.6. The van der Waals surface area contributed by atoms with Crippen molar-refractivity contribution in [2.24, 2.45) is 0 Å². The van der Waals surface area contributed by atoms with Crippen molar-refractivity contribution < 1.29 is 19.4 Å². The van der Waals surface area contributed by atoms with Gasteiger partial charge in [-0.05, 0) is 42.0 Å². The lowest BCUT2D eigenvalue weighted by atomic mass is 9.87. The largest absolute Gasteiger partial charge is 0.511 e. The Bertz CT molecular complexity index is 925. The van der Waals surface area contributed by atoms with Crippen molar-refractivity contribution >= 4 is 12.0 Å². The number of fused-ring (bicyclic) bond motifs is 1. The fourth-order valence-electron chi connectivity index (χ4n) is 3.96. The third kappa shape index (κ3) is 4.26. The molecule has 0 unspecified atom stereocenters. The molecule has 0 spiro atoms. The lowest BCUT2D eigenvalue weighted by molar-refractivity contribution is -0.125. The molecule has 2 aliphatic rings. The maximum absolute atomic E-state index is 12.9. The Morgan fingerprint density at radius 2 is 1.86 bits per heavy atom. The van der Waals surface area contributed by atoms with Crippen molar-refractivity contribution in [2.45, 2.75) is 38.0 Å². The zero-order chi connectivity index (χ0) is 20.2. The number of amides is 2. The van der Waals surface area contributed by atoms with Crippen LogP contribution in [0.2, 0.25) is 0 Å². The van der Waals surface area contributed by atoms with Gasteiger partial charge in [-0.2, -0.15) is 0 Å². The molecule has 2 aromatic carbocycles. The van der Waals surface area contributed by atoms with E-state index in [0.717, 1.165) is 30.4 Å². The summed E-state index contributed by atoms with van der Waals surface area (Å²) in [6, 6.07) is 16.5. The van der Waals surface area contributed by atoms with E-state index < -0.39 is 12.1 Å². The van der Waals surface area contributed by atoms with Crippen LogP contribution >= 0.6 is 0 Å². The Labute approximate surface area is 169 Å². The van der Waals surface area contributed by atoms with Crippen molar-refractivity contribution in [3.8, 4) is 0 Å². The Morgan fingerprint density at radius 3 is 2.69 bits per heavy atom. The van der Waals surface area contributed by atoms with Crippen LogP contribution in [0.25, 0.3) is 0 Å². The van der Waals surface area contributed by atoms with Gasteiger partial charge in [0.05, 0.1) is 12.6 Å². The van der Waals surface area contributed by atoms with E-state index in [0.29, 0.717) is 0 Å². The molecule has 0 radical (unpaired) electrons. The zero-order valence-corrected chi connectivity index (χ0v) is 16.1. The number of nitrogens with zero attached hydrogens (tertiary/aromatic N) is 1. The summed E-state index contributed by atoms with van der Waals surface area (Å²) < 4.78 is 5.35. The van der Waals surface area contributed by atoms with E-state index in [9.17, 15) is 14.7 Å². The van der Waals surface area contributed by atoms with Crippen LogP contribution in [0, 0.1) is 0 Å². The van der Waals surface area contributed by atoms with E-state index in [2.05, 4.69) is 11.4 Å². The van der Waals surface area contributed by atoms with Crippen LogP contribution in [0.3, 0.4) is 0 Å². The number of rotatable bonds is 4. The van der Waals surface area contributed by atoms with Gasteiger partial charge in [-0.25, -0.2) is 4.79 Å². The summed E-state index contributed by atoms with van der Waals surface area (Å²) in [4.78, 5) is 26.7. The molecule has 6 heteroatoms. The maximum atomic E-state index is 12.9. The molecule has 150 valence electrons. The molecule has 1 aliphatic heterocycles. The second kappa shape index (κ2) is 8.39. The third-order valence-corrected chi connectivity index (χ3v) is 5.41. The molecule has 0 bridgehead atoms. The van der Waals surface area contributed by atoms with Gasteiger partial charge in [0.15, 0.2) is 0 Å². The van der Waals surface area contributed by atoms with Gasteiger partial charge < -0.3 is 15.2 Å². The van der Waals surface area contributed by atoms with Crippen LogP contribution in [0.5, 0.6) is 0 Å². The first-order valence-corrected chi connectivity index (χ1v) is 9.87. The van der Waals surface area contributed by atoms with Gasteiger partial charge in [-0.1, -0.05) is 54.6 Å². The molecule has 6 nitrogen and oxygen atoms in total. The summed E-state index contributed by atoms with van der Waals surface area (Å²) in [5.41, 5.74) is 3.22. The van der Waals surface area contributed by atoms with Crippen LogP contribution in [0.1, 0.15) is 35.6 Å². The van der Waals surface area contributed by atoms with Crippen molar-refractivity contribution in [3.63, 3.8) is 0 Å². The molecular formula is C23H24N2O4. The molecule has 1 aliphatic carbocycles. The first kappa shape index (κ1) is 19.1. The van der Waals surface area contributed by atoms with Crippen molar-refractivity contribution in [2.75, 3.05) is 6.54 Å². The summed E-state index contributed by atoms with van der Waals surface area (Å²) in [6.07, 6.45) is 3.64. The van der Waals surface area contributed by atoms with Gasteiger partial charge in [0.2, 0.25) is 5.91 Å². The Balaban J connectivity index is 1.42. The average molecular weight is 392 g/mol. The minimum absolute atomic E-state index is 0.00847. The summed E-state index contributed by atoms with van der Waals surface area (Å²) in [7, 11) is 0. The van der Waals surface area contributed by atoms with Gasteiger partial charge in [-0.15, -0.1) is 0 Å². The fraction of sp³-hybridized carbons (Fsp3) is 0.304. The molecular weight excluding hydrogens is 368 g/mol. The number of aliphatic hydroxyl groups excluding tert-OH is 1. The predicted octanol–water partition coefficient (Wildman–Crippen LogP) is 3.64. The van der Waals surface area contributed by atoms with E-state index in [4.69, 9.17) is 4.74 Å². The van der Waals surface area contributed by atoms with Gasteiger partial charge in [-0.3, -0.25) is 9.69 Å². The minimum atomic E-state index is -0.882. The van der Waals surface area contributed by atoms with Crippen molar-refractivity contribution in [3.05, 3.63) is 83.1 Å². The number of hydrogen-bond acceptors (Lipinski definition) is 4. The number of carbonyl (C=O) groups excluding carboxylic acids is 2. The molecule has 2 aromatic rings. The van der Waals surface area contributed by atoms with Crippen molar-refractivity contribution in [1.29, 1.82) is 0 Å². The quantitative estimate of drug-likeness (QED) is 0.833. The molecule has 2 N–H and O–H groups in total. The Hall–Kier alpha value is -3.28. The van der Waals surface area contributed by atoms with E-state index in [1.165, 1.54) is 16.5 Å². The van der Waals surface area contributed by atoms with Gasteiger partial charge in [0.1, 0.15) is 18.4 Å². The smallest absolute Gasteiger partial charge is 0.411 e. The summed E-state index contributed by atoms with van der Waals surface area (Å²) in [5.74, 6) is -0.321. The van der Waals surface area contributed by atoms with E-state index in [-0.39, 0.29) is 30.9 Å². The first-order chi connectivity index (χ1) is 14.1. The number of aliphatic hydroxyl groups is 1. The van der Waals surface area contributed by atoms with E-state index in [1.54, 1.807) is 0 Å². The molecule has 2 atom stereocenters. The SMILES string of the molecule is O=C(N[C@@H]1CCCc2ccccc21)[C@@H]1C=C(O)CN1C(=O)OCc1ccccc1. The topological polar surface area (TPSA) is 78.9 Å².